The van der Waals surface area contributed by atoms with Crippen molar-refractivity contribution in [3.05, 3.63) is 94.8 Å². The monoisotopic (exact) mass is 489 g/mol. The number of halogens is 1. The van der Waals surface area contributed by atoms with Crippen molar-refractivity contribution in [2.24, 2.45) is 0 Å². The van der Waals surface area contributed by atoms with Gasteiger partial charge in [-0.15, -0.1) is 0 Å². The van der Waals surface area contributed by atoms with E-state index >= 15 is 0 Å². The number of carboxylic acids is 1. The largest absolute Gasteiger partial charge is 0.497 e. The standard InChI is InChI=1S/C29H28FNO5/c1-35-22-11-12-23-24(17-25(36-26(23)16-22)18-7-9-19(10-8-18)27(32)33)31-28(34)29(13-2-3-14-29)20-5-4-6-21(30)15-20/h4-12,15-16,24-25H,2-3,13-14,17H2,1H3,(H,31,34)(H,32,33)/t24-,25-/m1/s1. The molecule has 1 aliphatic carbocycles. The molecule has 1 saturated carbocycles. The average Bonchev–Trinajstić information content (AvgIpc) is 3.40. The minimum absolute atomic E-state index is 0.112. The second kappa shape index (κ2) is 9.64. The smallest absolute Gasteiger partial charge is 0.335 e. The maximum atomic E-state index is 14.1. The molecule has 1 aliphatic heterocycles. The Labute approximate surface area is 209 Å². The van der Waals surface area contributed by atoms with Crippen LogP contribution in [0.1, 0.15) is 71.3 Å². The van der Waals surface area contributed by atoms with Crippen molar-refractivity contribution in [1.29, 1.82) is 0 Å². The van der Waals surface area contributed by atoms with Gasteiger partial charge in [-0.05, 0) is 60.4 Å². The van der Waals surface area contributed by atoms with Crippen LogP contribution in [0.5, 0.6) is 11.5 Å². The maximum absolute atomic E-state index is 14.1. The van der Waals surface area contributed by atoms with E-state index in [2.05, 4.69) is 5.32 Å². The van der Waals surface area contributed by atoms with Gasteiger partial charge in [0.15, 0.2) is 0 Å². The van der Waals surface area contributed by atoms with Gasteiger partial charge in [0.25, 0.3) is 0 Å². The first-order chi connectivity index (χ1) is 17.4. The van der Waals surface area contributed by atoms with E-state index in [1.807, 2.05) is 18.2 Å². The molecule has 0 spiro atoms. The number of carbonyl (C=O) groups is 2. The number of amides is 1. The lowest BCUT2D eigenvalue weighted by atomic mass is 9.77. The molecule has 3 aromatic rings. The molecule has 3 aromatic carbocycles. The molecule has 1 fully saturated rings. The third-order valence-corrected chi connectivity index (χ3v) is 7.42. The van der Waals surface area contributed by atoms with Gasteiger partial charge in [-0.3, -0.25) is 4.79 Å². The number of ether oxygens (including phenoxy) is 2. The molecular weight excluding hydrogens is 461 g/mol. The summed E-state index contributed by atoms with van der Waals surface area (Å²) in [5, 5.41) is 12.5. The highest BCUT2D eigenvalue weighted by atomic mass is 19.1. The molecule has 1 amide bonds. The van der Waals surface area contributed by atoms with Gasteiger partial charge >= 0.3 is 5.97 Å². The molecule has 0 saturated heterocycles. The zero-order chi connectivity index (χ0) is 25.3. The first-order valence-corrected chi connectivity index (χ1v) is 12.1. The van der Waals surface area contributed by atoms with Crippen molar-refractivity contribution < 1.29 is 28.6 Å². The molecule has 2 aliphatic rings. The van der Waals surface area contributed by atoms with Crippen molar-refractivity contribution >= 4 is 11.9 Å². The van der Waals surface area contributed by atoms with Crippen molar-refractivity contribution in [3.8, 4) is 11.5 Å². The summed E-state index contributed by atoms with van der Waals surface area (Å²) in [6, 6.07) is 18.1. The van der Waals surface area contributed by atoms with E-state index in [9.17, 15) is 19.1 Å². The Hall–Kier alpha value is -3.87. The zero-order valence-electron chi connectivity index (χ0n) is 20.0. The summed E-state index contributed by atoms with van der Waals surface area (Å²) >= 11 is 0. The number of rotatable bonds is 6. The van der Waals surface area contributed by atoms with Crippen LogP contribution in [0.4, 0.5) is 4.39 Å². The van der Waals surface area contributed by atoms with Crippen LogP contribution in [0.15, 0.2) is 66.7 Å². The summed E-state index contributed by atoms with van der Waals surface area (Å²) in [5.74, 6) is -0.220. The summed E-state index contributed by atoms with van der Waals surface area (Å²) in [6.07, 6.45) is 3.22. The minimum Gasteiger partial charge on any atom is -0.497 e. The first kappa shape index (κ1) is 23.9. The highest BCUT2D eigenvalue weighted by Crippen LogP contribution is 2.45. The molecule has 2 N–H and O–H groups in total. The van der Waals surface area contributed by atoms with Crippen LogP contribution in [0.3, 0.4) is 0 Å². The molecule has 0 radical (unpaired) electrons. The molecule has 0 bridgehead atoms. The van der Waals surface area contributed by atoms with E-state index in [0.29, 0.717) is 36.3 Å². The Kier molecular flexibility index (Phi) is 6.39. The zero-order valence-corrected chi connectivity index (χ0v) is 20.0. The quantitative estimate of drug-likeness (QED) is 0.462. The van der Waals surface area contributed by atoms with Gasteiger partial charge in [-0.2, -0.15) is 0 Å². The number of benzene rings is 3. The topological polar surface area (TPSA) is 84.9 Å². The predicted octanol–water partition coefficient (Wildman–Crippen LogP) is 5.73. The van der Waals surface area contributed by atoms with E-state index < -0.39 is 17.5 Å². The Morgan fingerprint density at radius 2 is 1.81 bits per heavy atom. The SMILES string of the molecule is COc1ccc2c(c1)O[C@@H](c1ccc(C(=O)O)cc1)C[C@H]2NC(=O)C1(c2cccc(F)c2)CCCC1. The Morgan fingerprint density at radius 1 is 1.06 bits per heavy atom. The van der Waals surface area contributed by atoms with Gasteiger partial charge in [0.2, 0.25) is 5.91 Å². The first-order valence-electron chi connectivity index (χ1n) is 12.1. The lowest BCUT2D eigenvalue weighted by Crippen LogP contribution is -2.45. The fraction of sp³-hybridized carbons (Fsp3) is 0.310. The van der Waals surface area contributed by atoms with Crippen LogP contribution >= 0.6 is 0 Å². The predicted molar refractivity (Wildman–Crippen MR) is 132 cm³/mol. The fourth-order valence-electron chi connectivity index (χ4n) is 5.46. The maximum Gasteiger partial charge on any atom is 0.335 e. The van der Waals surface area contributed by atoms with Gasteiger partial charge < -0.3 is 19.9 Å². The molecule has 7 heteroatoms. The molecule has 186 valence electrons. The Bertz CT molecular complexity index is 1280. The molecule has 36 heavy (non-hydrogen) atoms. The Morgan fingerprint density at radius 3 is 2.47 bits per heavy atom. The van der Waals surface area contributed by atoms with Crippen molar-refractivity contribution in [3.63, 3.8) is 0 Å². The molecule has 0 unspecified atom stereocenters. The number of aromatic carboxylic acids is 1. The van der Waals surface area contributed by atoms with Crippen LogP contribution in [0.25, 0.3) is 0 Å². The second-order valence-electron chi connectivity index (χ2n) is 9.50. The van der Waals surface area contributed by atoms with Crippen LogP contribution in [0, 0.1) is 5.82 Å². The van der Waals surface area contributed by atoms with Crippen LogP contribution in [-0.4, -0.2) is 24.1 Å². The fourth-order valence-corrected chi connectivity index (χ4v) is 5.46. The second-order valence-corrected chi connectivity index (χ2v) is 9.50. The number of hydrogen-bond acceptors (Lipinski definition) is 4. The number of hydrogen-bond donors (Lipinski definition) is 2. The van der Waals surface area contributed by atoms with E-state index in [1.54, 1.807) is 43.5 Å². The molecule has 2 atom stereocenters. The lowest BCUT2D eigenvalue weighted by Gasteiger charge is -2.36. The normalized spacial score (nSPS) is 20.2. The molecule has 0 aromatic heterocycles. The molecule has 6 nitrogen and oxygen atoms in total. The summed E-state index contributed by atoms with van der Waals surface area (Å²) in [4.78, 5) is 25.2. The van der Waals surface area contributed by atoms with Gasteiger partial charge in [0.1, 0.15) is 23.4 Å². The van der Waals surface area contributed by atoms with Crippen molar-refractivity contribution in [2.45, 2.75) is 49.7 Å². The minimum atomic E-state index is -0.995. The summed E-state index contributed by atoms with van der Waals surface area (Å²) in [5.41, 5.74) is 1.79. The molecular formula is C29H28FNO5. The third-order valence-electron chi connectivity index (χ3n) is 7.42. The van der Waals surface area contributed by atoms with Gasteiger partial charge in [-0.25, -0.2) is 9.18 Å². The highest BCUT2D eigenvalue weighted by Gasteiger charge is 2.44. The van der Waals surface area contributed by atoms with Gasteiger partial charge in [0, 0.05) is 18.1 Å². The number of fused-ring (bicyclic) bond motifs is 1. The van der Waals surface area contributed by atoms with E-state index in [-0.39, 0.29) is 23.3 Å². The highest BCUT2D eigenvalue weighted by molar-refractivity contribution is 5.89. The molecule has 1 heterocycles. The summed E-state index contributed by atoms with van der Waals surface area (Å²) < 4.78 is 25.8. The van der Waals surface area contributed by atoms with Crippen LogP contribution in [-0.2, 0) is 10.2 Å². The number of carboxylic acid groups (broad SMARTS) is 1. The summed E-state index contributed by atoms with van der Waals surface area (Å²) in [6.45, 7) is 0. The van der Waals surface area contributed by atoms with E-state index in [0.717, 1.165) is 24.0 Å². The number of carbonyl (C=O) groups excluding carboxylic acids is 1. The van der Waals surface area contributed by atoms with Crippen molar-refractivity contribution in [2.75, 3.05) is 7.11 Å². The van der Waals surface area contributed by atoms with Crippen LogP contribution in [0.2, 0.25) is 0 Å². The lowest BCUT2D eigenvalue weighted by molar-refractivity contribution is -0.127. The van der Waals surface area contributed by atoms with Crippen molar-refractivity contribution in [1.82, 2.24) is 5.32 Å². The van der Waals surface area contributed by atoms with Crippen LogP contribution < -0.4 is 14.8 Å². The van der Waals surface area contributed by atoms with E-state index in [1.165, 1.54) is 12.1 Å². The summed E-state index contributed by atoms with van der Waals surface area (Å²) in [7, 11) is 1.58. The van der Waals surface area contributed by atoms with Gasteiger partial charge in [-0.1, -0.05) is 37.1 Å². The van der Waals surface area contributed by atoms with Gasteiger partial charge in [0.05, 0.1) is 24.1 Å². The molecule has 5 rings (SSSR count). The number of methoxy groups -OCH3 is 1. The Balaban J connectivity index is 1.48. The van der Waals surface area contributed by atoms with E-state index in [4.69, 9.17) is 9.47 Å². The average molecular weight is 490 g/mol. The third kappa shape index (κ3) is 4.41. The number of nitrogens with one attached hydrogen (secondary N) is 1.